The second-order valence-electron chi connectivity index (χ2n) is 4.37. The van der Waals surface area contributed by atoms with E-state index in [2.05, 4.69) is 0 Å². The molecule has 2 N–H and O–H groups in total. The summed E-state index contributed by atoms with van der Waals surface area (Å²) in [5.74, 6) is -1.09. The topological polar surface area (TPSA) is 44.5 Å². The summed E-state index contributed by atoms with van der Waals surface area (Å²) in [6.07, 6.45) is 0. The molecule has 6 heteroatoms. The van der Waals surface area contributed by atoms with E-state index < -0.39 is 17.7 Å². The standard InChI is InChI=1S/C15H14ClF2NO2/c1-20-9-6-11(17)14(12(18)7-9)15(19)10-5-8(16)3-4-13(10)21-2/h3-7,15H,19H2,1-2H3. The van der Waals surface area contributed by atoms with Crippen molar-refractivity contribution in [3.63, 3.8) is 0 Å². The molecule has 0 saturated heterocycles. The Balaban J connectivity index is 2.55. The van der Waals surface area contributed by atoms with Crippen LogP contribution >= 0.6 is 11.6 Å². The largest absolute Gasteiger partial charge is 0.497 e. The van der Waals surface area contributed by atoms with Crippen LogP contribution in [0.3, 0.4) is 0 Å². The fourth-order valence-corrected chi connectivity index (χ4v) is 2.26. The highest BCUT2D eigenvalue weighted by molar-refractivity contribution is 6.30. The van der Waals surface area contributed by atoms with E-state index in [0.717, 1.165) is 12.1 Å². The molecule has 1 unspecified atom stereocenters. The second kappa shape index (κ2) is 6.28. The monoisotopic (exact) mass is 313 g/mol. The first kappa shape index (κ1) is 15.5. The van der Waals surface area contributed by atoms with Crippen LogP contribution in [0.5, 0.6) is 11.5 Å². The minimum atomic E-state index is -1.05. The minimum absolute atomic E-state index is 0.0824. The van der Waals surface area contributed by atoms with Gasteiger partial charge < -0.3 is 15.2 Å². The third kappa shape index (κ3) is 3.09. The van der Waals surface area contributed by atoms with E-state index in [9.17, 15) is 8.78 Å². The Labute approximate surface area is 126 Å². The quantitative estimate of drug-likeness (QED) is 0.936. The van der Waals surface area contributed by atoms with Crippen molar-refractivity contribution in [3.05, 3.63) is 58.1 Å². The van der Waals surface area contributed by atoms with Crippen molar-refractivity contribution in [1.82, 2.24) is 0 Å². The molecule has 1 atom stereocenters. The Bertz CT molecular complexity index is 641. The predicted octanol–water partition coefficient (Wildman–Crippen LogP) is 3.68. The number of benzene rings is 2. The number of rotatable bonds is 4. The number of hydrogen-bond donors (Lipinski definition) is 1. The van der Waals surface area contributed by atoms with Gasteiger partial charge in [-0.3, -0.25) is 0 Å². The van der Waals surface area contributed by atoms with Gasteiger partial charge in [0.15, 0.2) is 0 Å². The predicted molar refractivity (Wildman–Crippen MR) is 76.9 cm³/mol. The van der Waals surface area contributed by atoms with Crippen LogP contribution in [0.4, 0.5) is 8.78 Å². The summed E-state index contributed by atoms with van der Waals surface area (Å²) in [5, 5.41) is 0.399. The fourth-order valence-electron chi connectivity index (χ4n) is 2.08. The lowest BCUT2D eigenvalue weighted by Gasteiger charge is -2.18. The maximum atomic E-state index is 14.1. The van der Waals surface area contributed by atoms with Crippen LogP contribution in [0.25, 0.3) is 0 Å². The molecule has 0 fully saturated rings. The summed E-state index contributed by atoms with van der Waals surface area (Å²) >= 11 is 5.91. The van der Waals surface area contributed by atoms with Crippen LogP contribution in [-0.4, -0.2) is 14.2 Å². The lowest BCUT2D eigenvalue weighted by molar-refractivity contribution is 0.401. The van der Waals surface area contributed by atoms with Gasteiger partial charge in [0.2, 0.25) is 0 Å². The van der Waals surface area contributed by atoms with Gasteiger partial charge in [-0.2, -0.15) is 0 Å². The SMILES string of the molecule is COc1cc(F)c(C(N)c2cc(Cl)ccc2OC)c(F)c1. The van der Waals surface area contributed by atoms with Crippen LogP contribution in [0.1, 0.15) is 17.2 Å². The van der Waals surface area contributed by atoms with E-state index in [1.807, 2.05) is 0 Å². The molecule has 0 aromatic heterocycles. The molecule has 2 aromatic carbocycles. The molecule has 0 aliphatic heterocycles. The normalized spacial score (nSPS) is 12.1. The van der Waals surface area contributed by atoms with E-state index in [4.69, 9.17) is 26.8 Å². The van der Waals surface area contributed by atoms with Gasteiger partial charge in [-0.1, -0.05) is 11.6 Å². The lowest BCUT2D eigenvalue weighted by atomic mass is 9.97. The van der Waals surface area contributed by atoms with Crippen molar-refractivity contribution < 1.29 is 18.3 Å². The van der Waals surface area contributed by atoms with E-state index in [1.165, 1.54) is 20.3 Å². The first-order valence-corrected chi connectivity index (χ1v) is 6.47. The van der Waals surface area contributed by atoms with E-state index in [0.29, 0.717) is 16.3 Å². The number of methoxy groups -OCH3 is 2. The third-order valence-electron chi connectivity index (χ3n) is 3.13. The highest BCUT2D eigenvalue weighted by Crippen LogP contribution is 2.34. The van der Waals surface area contributed by atoms with Gasteiger partial charge in [-0.15, -0.1) is 0 Å². The zero-order valence-electron chi connectivity index (χ0n) is 11.5. The molecule has 112 valence electrons. The summed E-state index contributed by atoms with van der Waals surface area (Å²) in [5.41, 5.74) is 6.12. The average molecular weight is 314 g/mol. The van der Waals surface area contributed by atoms with Gasteiger partial charge in [0.1, 0.15) is 23.1 Å². The summed E-state index contributed by atoms with van der Waals surface area (Å²) < 4.78 is 38.2. The Kier molecular flexibility index (Phi) is 4.65. The average Bonchev–Trinajstić information content (AvgIpc) is 2.46. The summed E-state index contributed by atoms with van der Waals surface area (Å²) in [6, 6.07) is 5.83. The molecule has 0 heterocycles. The van der Waals surface area contributed by atoms with Crippen LogP contribution in [0.2, 0.25) is 5.02 Å². The van der Waals surface area contributed by atoms with Crippen molar-refractivity contribution in [2.45, 2.75) is 6.04 Å². The number of halogens is 3. The van der Waals surface area contributed by atoms with Crippen LogP contribution < -0.4 is 15.2 Å². The molecule has 0 saturated carbocycles. The number of hydrogen-bond acceptors (Lipinski definition) is 3. The molecule has 2 aromatic rings. The molecule has 0 spiro atoms. The van der Waals surface area contributed by atoms with Gasteiger partial charge in [0.25, 0.3) is 0 Å². The van der Waals surface area contributed by atoms with E-state index in [1.54, 1.807) is 12.1 Å². The second-order valence-corrected chi connectivity index (χ2v) is 4.81. The van der Waals surface area contributed by atoms with Crippen LogP contribution in [0, 0.1) is 11.6 Å². The van der Waals surface area contributed by atoms with Gasteiger partial charge in [0, 0.05) is 28.3 Å². The highest BCUT2D eigenvalue weighted by Gasteiger charge is 2.23. The smallest absolute Gasteiger partial charge is 0.134 e. The Morgan fingerprint density at radius 2 is 1.67 bits per heavy atom. The van der Waals surface area contributed by atoms with Crippen molar-refractivity contribution in [2.24, 2.45) is 5.73 Å². The molecule has 0 aliphatic rings. The molecule has 21 heavy (non-hydrogen) atoms. The van der Waals surface area contributed by atoms with Crippen molar-refractivity contribution >= 4 is 11.6 Å². The maximum Gasteiger partial charge on any atom is 0.134 e. The van der Waals surface area contributed by atoms with Gasteiger partial charge in [-0.25, -0.2) is 8.78 Å². The van der Waals surface area contributed by atoms with Crippen molar-refractivity contribution in [1.29, 1.82) is 0 Å². The lowest BCUT2D eigenvalue weighted by Crippen LogP contribution is -2.17. The summed E-state index contributed by atoms with van der Waals surface area (Å²) in [4.78, 5) is 0. The van der Waals surface area contributed by atoms with Crippen LogP contribution in [-0.2, 0) is 0 Å². The number of ether oxygens (including phenoxy) is 2. The number of nitrogens with two attached hydrogens (primary N) is 1. The Hall–Kier alpha value is -1.85. The minimum Gasteiger partial charge on any atom is -0.497 e. The molecule has 2 rings (SSSR count). The Morgan fingerprint density at radius 1 is 1.05 bits per heavy atom. The zero-order chi connectivity index (χ0) is 15.6. The van der Waals surface area contributed by atoms with Crippen molar-refractivity contribution in [2.75, 3.05) is 14.2 Å². The van der Waals surface area contributed by atoms with Gasteiger partial charge in [0.05, 0.1) is 20.3 Å². The summed E-state index contributed by atoms with van der Waals surface area (Å²) in [6.45, 7) is 0. The summed E-state index contributed by atoms with van der Waals surface area (Å²) in [7, 11) is 2.77. The van der Waals surface area contributed by atoms with Crippen molar-refractivity contribution in [3.8, 4) is 11.5 Å². The first-order valence-electron chi connectivity index (χ1n) is 6.10. The highest BCUT2D eigenvalue weighted by atomic mass is 35.5. The Morgan fingerprint density at radius 3 is 2.19 bits per heavy atom. The van der Waals surface area contributed by atoms with Gasteiger partial charge in [-0.05, 0) is 18.2 Å². The third-order valence-corrected chi connectivity index (χ3v) is 3.36. The molecule has 0 aliphatic carbocycles. The first-order chi connectivity index (χ1) is 9.97. The molecular weight excluding hydrogens is 300 g/mol. The van der Waals surface area contributed by atoms with Crippen LogP contribution in [0.15, 0.2) is 30.3 Å². The van der Waals surface area contributed by atoms with E-state index in [-0.39, 0.29) is 11.3 Å². The molecule has 0 radical (unpaired) electrons. The molecule has 3 nitrogen and oxygen atoms in total. The molecule has 0 bridgehead atoms. The van der Waals surface area contributed by atoms with Gasteiger partial charge >= 0.3 is 0 Å². The maximum absolute atomic E-state index is 14.1. The fraction of sp³-hybridized carbons (Fsp3) is 0.200. The van der Waals surface area contributed by atoms with E-state index >= 15 is 0 Å². The molecular formula is C15H14ClF2NO2. The zero-order valence-corrected chi connectivity index (χ0v) is 12.2. The molecule has 0 amide bonds.